The Kier molecular flexibility index (Phi) is 5.06. The predicted octanol–water partition coefficient (Wildman–Crippen LogP) is 4.28. The Morgan fingerprint density at radius 1 is 0.929 bits per heavy atom. The van der Waals surface area contributed by atoms with Gasteiger partial charge >= 0.3 is 0 Å². The van der Waals surface area contributed by atoms with Crippen molar-refractivity contribution in [2.45, 2.75) is 25.7 Å². The van der Waals surface area contributed by atoms with E-state index in [1.54, 1.807) is 0 Å². The van der Waals surface area contributed by atoms with E-state index in [0.717, 1.165) is 25.7 Å². The number of hydrogen-bond donors (Lipinski definition) is 0. The van der Waals surface area contributed by atoms with E-state index in [2.05, 4.69) is 37.5 Å². The summed E-state index contributed by atoms with van der Waals surface area (Å²) in [6.07, 6.45) is 17.8. The summed E-state index contributed by atoms with van der Waals surface area (Å²) in [6, 6.07) is 0. The molecule has 14 heavy (non-hydrogen) atoms. The van der Waals surface area contributed by atoms with E-state index in [1.165, 1.54) is 0 Å². The highest BCUT2D eigenvalue weighted by Gasteiger charge is 2.06. The van der Waals surface area contributed by atoms with Gasteiger partial charge in [0.25, 0.3) is 0 Å². The molecule has 76 valence electrons. The zero-order valence-corrected chi connectivity index (χ0v) is 8.86. The van der Waals surface area contributed by atoms with Gasteiger partial charge in [0.2, 0.25) is 0 Å². The molecule has 2 unspecified atom stereocenters. The van der Waals surface area contributed by atoms with Gasteiger partial charge in [0, 0.05) is 0 Å². The highest BCUT2D eigenvalue weighted by molar-refractivity contribution is 5.04. The lowest BCUT2D eigenvalue weighted by Gasteiger charge is -2.13. The number of rotatable bonds is 4. The minimum atomic E-state index is 0.661. The minimum Gasteiger partial charge on any atom is -0.103 e. The molecule has 0 saturated heterocycles. The molecule has 0 radical (unpaired) electrons. The largest absolute Gasteiger partial charge is 0.103 e. The summed E-state index contributed by atoms with van der Waals surface area (Å²) in [5.41, 5.74) is 0. The van der Waals surface area contributed by atoms with E-state index in [1.807, 2.05) is 12.2 Å². The van der Waals surface area contributed by atoms with Crippen molar-refractivity contribution >= 4 is 0 Å². The van der Waals surface area contributed by atoms with Gasteiger partial charge in [0.1, 0.15) is 0 Å². The Morgan fingerprint density at radius 2 is 1.36 bits per heavy atom. The van der Waals surface area contributed by atoms with Crippen molar-refractivity contribution in [1.82, 2.24) is 0 Å². The van der Waals surface area contributed by atoms with Crippen LogP contribution in [0.2, 0.25) is 0 Å². The maximum absolute atomic E-state index is 3.78. The van der Waals surface area contributed by atoms with Gasteiger partial charge in [-0.15, -0.1) is 13.2 Å². The third-order valence-corrected chi connectivity index (χ3v) is 2.63. The van der Waals surface area contributed by atoms with Crippen molar-refractivity contribution < 1.29 is 0 Å². The summed E-state index contributed by atoms with van der Waals surface area (Å²) in [5, 5.41) is 0. The second-order valence-corrected chi connectivity index (χ2v) is 3.90. The van der Waals surface area contributed by atoms with Crippen LogP contribution in [0, 0.1) is 11.8 Å². The SMILES string of the molecule is C=CCC1/C=C\CC(CC=C)/C=C\C1. The molecule has 0 amide bonds. The molecule has 0 nitrogen and oxygen atoms in total. The van der Waals surface area contributed by atoms with Crippen LogP contribution in [-0.4, -0.2) is 0 Å². The smallest absolute Gasteiger partial charge is 0.0164 e. The summed E-state index contributed by atoms with van der Waals surface area (Å²) >= 11 is 0. The second kappa shape index (κ2) is 6.42. The molecular weight excluding hydrogens is 168 g/mol. The Labute approximate surface area is 87.7 Å². The van der Waals surface area contributed by atoms with Crippen molar-refractivity contribution in [3.05, 3.63) is 49.6 Å². The van der Waals surface area contributed by atoms with Crippen molar-refractivity contribution in [2.24, 2.45) is 11.8 Å². The Bertz CT molecular complexity index is 206. The third-order valence-electron chi connectivity index (χ3n) is 2.63. The van der Waals surface area contributed by atoms with Gasteiger partial charge in [-0.25, -0.2) is 0 Å². The van der Waals surface area contributed by atoms with E-state index in [4.69, 9.17) is 0 Å². The van der Waals surface area contributed by atoms with Gasteiger partial charge in [-0.2, -0.15) is 0 Å². The highest BCUT2D eigenvalue weighted by Crippen LogP contribution is 2.20. The maximum atomic E-state index is 3.78. The Balaban J connectivity index is 2.47. The Hall–Kier alpha value is -1.04. The van der Waals surface area contributed by atoms with Crippen LogP contribution < -0.4 is 0 Å². The first-order chi connectivity index (χ1) is 6.86. The summed E-state index contributed by atoms with van der Waals surface area (Å²) in [4.78, 5) is 0. The minimum absolute atomic E-state index is 0.661. The fourth-order valence-corrected chi connectivity index (χ4v) is 1.83. The van der Waals surface area contributed by atoms with Crippen LogP contribution in [0.3, 0.4) is 0 Å². The van der Waals surface area contributed by atoms with Crippen LogP contribution in [0.15, 0.2) is 49.6 Å². The lowest BCUT2D eigenvalue weighted by atomic mass is 9.92. The molecule has 0 saturated carbocycles. The fraction of sp³-hybridized carbons (Fsp3) is 0.429. The van der Waals surface area contributed by atoms with E-state index in [9.17, 15) is 0 Å². The van der Waals surface area contributed by atoms with Crippen LogP contribution in [0.25, 0.3) is 0 Å². The summed E-state index contributed by atoms with van der Waals surface area (Å²) in [5.74, 6) is 1.32. The van der Waals surface area contributed by atoms with Crippen LogP contribution in [0.1, 0.15) is 25.7 Å². The molecule has 0 spiro atoms. The topological polar surface area (TPSA) is 0 Å². The highest BCUT2D eigenvalue weighted by atomic mass is 14.1. The van der Waals surface area contributed by atoms with Crippen LogP contribution in [0.4, 0.5) is 0 Å². The summed E-state index contributed by atoms with van der Waals surface area (Å²) in [7, 11) is 0. The van der Waals surface area contributed by atoms with Gasteiger partial charge in [-0.3, -0.25) is 0 Å². The molecule has 0 aromatic heterocycles. The van der Waals surface area contributed by atoms with E-state index in [0.29, 0.717) is 11.8 Å². The molecule has 0 heteroatoms. The zero-order valence-electron chi connectivity index (χ0n) is 8.86. The lowest BCUT2D eigenvalue weighted by molar-refractivity contribution is 0.622. The molecule has 0 aliphatic heterocycles. The van der Waals surface area contributed by atoms with Crippen LogP contribution in [-0.2, 0) is 0 Å². The molecular formula is C14H20. The van der Waals surface area contributed by atoms with E-state index >= 15 is 0 Å². The Morgan fingerprint density at radius 3 is 1.71 bits per heavy atom. The molecule has 1 aliphatic rings. The lowest BCUT2D eigenvalue weighted by Crippen LogP contribution is -1.99. The summed E-state index contributed by atoms with van der Waals surface area (Å²) < 4.78 is 0. The molecule has 2 atom stereocenters. The molecule has 0 fully saturated rings. The average molecular weight is 188 g/mol. The van der Waals surface area contributed by atoms with Crippen molar-refractivity contribution in [2.75, 3.05) is 0 Å². The molecule has 0 aromatic carbocycles. The maximum Gasteiger partial charge on any atom is -0.0164 e. The van der Waals surface area contributed by atoms with Gasteiger partial charge in [-0.1, -0.05) is 36.5 Å². The molecule has 0 heterocycles. The van der Waals surface area contributed by atoms with Crippen molar-refractivity contribution in [1.29, 1.82) is 0 Å². The first-order valence-electron chi connectivity index (χ1n) is 5.42. The van der Waals surface area contributed by atoms with Gasteiger partial charge < -0.3 is 0 Å². The molecule has 0 bridgehead atoms. The van der Waals surface area contributed by atoms with Gasteiger partial charge in [-0.05, 0) is 37.5 Å². The third kappa shape index (κ3) is 3.78. The number of hydrogen-bond acceptors (Lipinski definition) is 0. The molecule has 0 N–H and O–H groups in total. The van der Waals surface area contributed by atoms with Crippen LogP contribution >= 0.6 is 0 Å². The molecule has 1 rings (SSSR count). The normalized spacial score (nSPS) is 31.1. The van der Waals surface area contributed by atoms with E-state index < -0.39 is 0 Å². The second-order valence-electron chi connectivity index (χ2n) is 3.90. The first-order valence-corrected chi connectivity index (χ1v) is 5.42. The van der Waals surface area contributed by atoms with Crippen LogP contribution in [0.5, 0.6) is 0 Å². The number of allylic oxidation sites excluding steroid dienone is 6. The first kappa shape index (κ1) is 11.0. The van der Waals surface area contributed by atoms with Gasteiger partial charge in [0.05, 0.1) is 0 Å². The monoisotopic (exact) mass is 188 g/mol. The standard InChI is InChI=1S/C14H20/c1-3-7-13-9-5-11-14(8-4-2)12-6-10-13/h3-6,9,12-14H,1-2,7-8,10-11H2/b9-5-,12-6-. The molecule has 1 aliphatic carbocycles. The predicted molar refractivity (Wildman–Crippen MR) is 64.1 cm³/mol. The van der Waals surface area contributed by atoms with Crippen molar-refractivity contribution in [3.63, 3.8) is 0 Å². The van der Waals surface area contributed by atoms with Crippen molar-refractivity contribution in [3.8, 4) is 0 Å². The van der Waals surface area contributed by atoms with E-state index in [-0.39, 0.29) is 0 Å². The quantitative estimate of drug-likeness (QED) is 0.578. The average Bonchev–Trinajstić information content (AvgIpc) is 2.13. The fourth-order valence-electron chi connectivity index (χ4n) is 1.83. The zero-order chi connectivity index (χ0) is 10.2. The summed E-state index contributed by atoms with van der Waals surface area (Å²) in [6.45, 7) is 7.56. The molecule has 0 aromatic rings. The van der Waals surface area contributed by atoms with Gasteiger partial charge in [0.15, 0.2) is 0 Å².